The van der Waals surface area contributed by atoms with Gasteiger partial charge in [0.25, 0.3) is 0 Å². The molecule has 1 aliphatic rings. The summed E-state index contributed by atoms with van der Waals surface area (Å²) in [5.74, 6) is -0.0146. The summed E-state index contributed by atoms with van der Waals surface area (Å²) >= 11 is 0. The first-order chi connectivity index (χ1) is 10.7. The SMILES string of the molecule is Cn1ccc(/C=C/C(=O)c2ccc(N3CCOCC3)cc2)n1. The number of allylic oxidation sites excluding steroid dienone is 1. The van der Waals surface area contributed by atoms with Gasteiger partial charge in [0.1, 0.15) is 0 Å². The van der Waals surface area contributed by atoms with E-state index in [0.717, 1.165) is 37.7 Å². The van der Waals surface area contributed by atoms with E-state index in [9.17, 15) is 4.79 Å². The molecule has 0 radical (unpaired) electrons. The van der Waals surface area contributed by atoms with Gasteiger partial charge in [-0.2, -0.15) is 5.10 Å². The average molecular weight is 297 g/mol. The predicted octanol–water partition coefficient (Wildman–Crippen LogP) is 2.15. The summed E-state index contributed by atoms with van der Waals surface area (Å²) in [4.78, 5) is 14.4. The smallest absolute Gasteiger partial charge is 0.185 e. The van der Waals surface area contributed by atoms with Crippen LogP contribution in [-0.2, 0) is 11.8 Å². The van der Waals surface area contributed by atoms with Crippen molar-refractivity contribution >= 4 is 17.5 Å². The third kappa shape index (κ3) is 3.43. The number of aryl methyl sites for hydroxylation is 1. The van der Waals surface area contributed by atoms with Crippen LogP contribution in [0.3, 0.4) is 0 Å². The van der Waals surface area contributed by atoms with E-state index in [4.69, 9.17) is 4.74 Å². The molecule has 0 amide bonds. The fourth-order valence-electron chi connectivity index (χ4n) is 2.44. The van der Waals surface area contributed by atoms with Gasteiger partial charge >= 0.3 is 0 Å². The lowest BCUT2D eigenvalue weighted by Gasteiger charge is -2.28. The number of ketones is 1. The zero-order chi connectivity index (χ0) is 15.4. The third-order valence-electron chi connectivity index (χ3n) is 3.67. The van der Waals surface area contributed by atoms with Crippen LogP contribution >= 0.6 is 0 Å². The van der Waals surface area contributed by atoms with E-state index in [-0.39, 0.29) is 5.78 Å². The maximum Gasteiger partial charge on any atom is 0.185 e. The molecule has 3 rings (SSSR count). The maximum atomic E-state index is 12.2. The first-order valence-corrected chi connectivity index (χ1v) is 7.37. The minimum atomic E-state index is -0.0146. The van der Waals surface area contributed by atoms with Gasteiger partial charge in [0.15, 0.2) is 5.78 Å². The van der Waals surface area contributed by atoms with Crippen molar-refractivity contribution in [3.63, 3.8) is 0 Å². The van der Waals surface area contributed by atoms with Crippen LogP contribution in [0, 0.1) is 0 Å². The maximum absolute atomic E-state index is 12.2. The molecule has 0 aliphatic carbocycles. The Balaban J connectivity index is 1.66. The molecule has 0 N–H and O–H groups in total. The molecular formula is C17H19N3O2. The van der Waals surface area contributed by atoms with Crippen molar-refractivity contribution in [3.8, 4) is 0 Å². The summed E-state index contributed by atoms with van der Waals surface area (Å²) in [6, 6.07) is 9.59. The Morgan fingerprint density at radius 3 is 2.55 bits per heavy atom. The molecule has 5 heteroatoms. The number of carbonyl (C=O) groups is 1. The number of benzene rings is 1. The van der Waals surface area contributed by atoms with Crippen LogP contribution in [0.15, 0.2) is 42.6 Å². The van der Waals surface area contributed by atoms with Crippen molar-refractivity contribution in [2.24, 2.45) is 7.05 Å². The summed E-state index contributed by atoms with van der Waals surface area (Å²) in [7, 11) is 1.85. The van der Waals surface area contributed by atoms with Gasteiger partial charge in [-0.3, -0.25) is 9.48 Å². The van der Waals surface area contributed by atoms with Crippen molar-refractivity contribution in [3.05, 3.63) is 53.9 Å². The van der Waals surface area contributed by atoms with Crippen molar-refractivity contribution in [2.75, 3.05) is 31.2 Å². The highest BCUT2D eigenvalue weighted by molar-refractivity contribution is 6.06. The molecule has 0 bridgehead atoms. The van der Waals surface area contributed by atoms with Gasteiger partial charge < -0.3 is 9.64 Å². The van der Waals surface area contributed by atoms with Crippen LogP contribution in [-0.4, -0.2) is 41.9 Å². The second-order valence-corrected chi connectivity index (χ2v) is 5.26. The minimum Gasteiger partial charge on any atom is -0.378 e. The van der Waals surface area contributed by atoms with Crippen molar-refractivity contribution in [1.82, 2.24) is 9.78 Å². The summed E-state index contributed by atoms with van der Waals surface area (Å²) in [6.07, 6.45) is 5.14. The second-order valence-electron chi connectivity index (χ2n) is 5.26. The lowest BCUT2D eigenvalue weighted by Crippen LogP contribution is -2.36. The molecule has 1 aromatic carbocycles. The predicted molar refractivity (Wildman–Crippen MR) is 86.0 cm³/mol. The molecule has 0 atom stereocenters. The van der Waals surface area contributed by atoms with Crippen LogP contribution in [0.2, 0.25) is 0 Å². The summed E-state index contributed by atoms with van der Waals surface area (Å²) in [5.41, 5.74) is 2.60. The molecule has 1 fully saturated rings. The fourth-order valence-corrected chi connectivity index (χ4v) is 2.44. The Bertz CT molecular complexity index is 667. The monoisotopic (exact) mass is 297 g/mol. The molecule has 2 heterocycles. The highest BCUT2D eigenvalue weighted by atomic mass is 16.5. The molecule has 0 saturated carbocycles. The lowest BCUT2D eigenvalue weighted by atomic mass is 10.1. The third-order valence-corrected chi connectivity index (χ3v) is 3.67. The number of hydrogen-bond donors (Lipinski definition) is 0. The minimum absolute atomic E-state index is 0.0146. The van der Waals surface area contributed by atoms with Gasteiger partial charge in [-0.15, -0.1) is 0 Å². The first-order valence-electron chi connectivity index (χ1n) is 7.37. The topological polar surface area (TPSA) is 47.4 Å². The van der Waals surface area contributed by atoms with Gasteiger partial charge in [-0.1, -0.05) is 0 Å². The van der Waals surface area contributed by atoms with Crippen molar-refractivity contribution in [1.29, 1.82) is 0 Å². The average Bonchev–Trinajstić information content (AvgIpc) is 2.99. The summed E-state index contributed by atoms with van der Waals surface area (Å²) < 4.78 is 7.06. The van der Waals surface area contributed by atoms with Crippen molar-refractivity contribution in [2.45, 2.75) is 0 Å². The molecule has 2 aromatic rings. The van der Waals surface area contributed by atoms with Crippen LogP contribution in [0.5, 0.6) is 0 Å². The fraction of sp³-hybridized carbons (Fsp3) is 0.294. The molecular weight excluding hydrogens is 278 g/mol. The highest BCUT2D eigenvalue weighted by Crippen LogP contribution is 2.17. The Hall–Kier alpha value is -2.40. The Labute approximate surface area is 129 Å². The van der Waals surface area contributed by atoms with Crippen LogP contribution < -0.4 is 4.90 Å². The van der Waals surface area contributed by atoms with E-state index < -0.39 is 0 Å². The number of hydrogen-bond acceptors (Lipinski definition) is 4. The van der Waals surface area contributed by atoms with E-state index >= 15 is 0 Å². The number of nitrogens with zero attached hydrogens (tertiary/aromatic N) is 3. The van der Waals surface area contributed by atoms with Gasteiger partial charge in [0.2, 0.25) is 0 Å². The number of anilines is 1. The van der Waals surface area contributed by atoms with E-state index in [1.807, 2.05) is 43.6 Å². The molecule has 1 saturated heterocycles. The first kappa shape index (κ1) is 14.5. The van der Waals surface area contributed by atoms with Gasteiger partial charge in [-0.25, -0.2) is 0 Å². The zero-order valence-electron chi connectivity index (χ0n) is 12.6. The van der Waals surface area contributed by atoms with E-state index in [1.165, 1.54) is 0 Å². The summed E-state index contributed by atoms with van der Waals surface area (Å²) in [5, 5.41) is 4.21. The Morgan fingerprint density at radius 2 is 1.91 bits per heavy atom. The number of morpholine rings is 1. The molecule has 0 unspecified atom stereocenters. The van der Waals surface area contributed by atoms with Gasteiger partial charge in [0.05, 0.1) is 18.9 Å². The number of rotatable bonds is 4. The lowest BCUT2D eigenvalue weighted by molar-refractivity contribution is 0.104. The van der Waals surface area contributed by atoms with Crippen molar-refractivity contribution < 1.29 is 9.53 Å². The zero-order valence-corrected chi connectivity index (χ0v) is 12.6. The molecule has 0 spiro atoms. The van der Waals surface area contributed by atoms with E-state index in [2.05, 4.69) is 10.00 Å². The van der Waals surface area contributed by atoms with Crippen LogP contribution in [0.25, 0.3) is 6.08 Å². The summed E-state index contributed by atoms with van der Waals surface area (Å²) in [6.45, 7) is 3.31. The highest BCUT2D eigenvalue weighted by Gasteiger charge is 2.11. The quantitative estimate of drug-likeness (QED) is 0.641. The Kier molecular flexibility index (Phi) is 4.34. The van der Waals surface area contributed by atoms with E-state index in [0.29, 0.717) is 5.56 Å². The Morgan fingerprint density at radius 1 is 1.18 bits per heavy atom. The number of ether oxygens (including phenoxy) is 1. The second kappa shape index (κ2) is 6.58. The van der Waals surface area contributed by atoms with Crippen LogP contribution in [0.4, 0.5) is 5.69 Å². The van der Waals surface area contributed by atoms with Gasteiger partial charge in [0, 0.05) is 37.6 Å². The largest absolute Gasteiger partial charge is 0.378 e. The normalized spacial score (nSPS) is 15.4. The molecule has 22 heavy (non-hydrogen) atoms. The number of aromatic nitrogens is 2. The number of carbonyl (C=O) groups excluding carboxylic acids is 1. The van der Waals surface area contributed by atoms with Gasteiger partial charge in [-0.05, 0) is 42.5 Å². The molecule has 1 aromatic heterocycles. The molecule has 1 aliphatic heterocycles. The molecule has 5 nitrogen and oxygen atoms in total. The van der Waals surface area contributed by atoms with Crippen LogP contribution in [0.1, 0.15) is 16.1 Å². The standard InChI is InChI=1S/C17H19N3O2/c1-19-9-8-15(18-19)4-7-17(21)14-2-5-16(6-3-14)20-10-12-22-13-11-20/h2-9H,10-13H2,1H3/b7-4+. The molecule has 114 valence electrons. The van der Waals surface area contributed by atoms with E-state index in [1.54, 1.807) is 16.8 Å².